The van der Waals surface area contributed by atoms with Gasteiger partial charge < -0.3 is 19.4 Å². The summed E-state index contributed by atoms with van der Waals surface area (Å²) in [6.45, 7) is 5.97. The van der Waals surface area contributed by atoms with Crippen molar-refractivity contribution in [1.29, 1.82) is 0 Å². The molecule has 4 rings (SSSR count). The SMILES string of the molecule is COCCn1nnnc1C[NH+](Cc1cc2ccc(C)cc2[nH]c1=O)C[C@H]1CCCO1. The molecule has 0 saturated carbocycles. The van der Waals surface area contributed by atoms with Crippen LogP contribution < -0.4 is 10.5 Å². The van der Waals surface area contributed by atoms with Gasteiger partial charge in [-0.2, -0.15) is 0 Å². The average molecular weight is 414 g/mol. The number of methoxy groups -OCH3 is 1. The molecule has 0 radical (unpaired) electrons. The number of aromatic nitrogens is 5. The van der Waals surface area contributed by atoms with Crippen LogP contribution in [0.15, 0.2) is 29.1 Å². The first-order valence-corrected chi connectivity index (χ1v) is 10.4. The number of aromatic amines is 1. The third-order valence-corrected chi connectivity index (χ3v) is 5.58. The molecule has 2 N–H and O–H groups in total. The Morgan fingerprint density at radius 3 is 3.03 bits per heavy atom. The van der Waals surface area contributed by atoms with Gasteiger partial charge >= 0.3 is 0 Å². The van der Waals surface area contributed by atoms with Crippen molar-refractivity contribution in [3.05, 3.63) is 51.6 Å². The highest BCUT2D eigenvalue weighted by Gasteiger charge is 2.25. The van der Waals surface area contributed by atoms with Gasteiger partial charge in [-0.15, -0.1) is 5.10 Å². The molecule has 0 bridgehead atoms. The van der Waals surface area contributed by atoms with Gasteiger partial charge in [-0.3, -0.25) is 4.79 Å². The molecular weight excluding hydrogens is 384 g/mol. The Kier molecular flexibility index (Phi) is 6.51. The smallest absolute Gasteiger partial charge is 0.257 e. The second-order valence-electron chi connectivity index (χ2n) is 7.97. The van der Waals surface area contributed by atoms with Crippen molar-refractivity contribution in [1.82, 2.24) is 25.2 Å². The van der Waals surface area contributed by atoms with Crippen LogP contribution in [0.2, 0.25) is 0 Å². The van der Waals surface area contributed by atoms with Gasteiger partial charge in [0, 0.05) is 19.2 Å². The first-order valence-electron chi connectivity index (χ1n) is 10.4. The van der Waals surface area contributed by atoms with Gasteiger partial charge in [0.2, 0.25) is 5.82 Å². The van der Waals surface area contributed by atoms with Gasteiger partial charge in [0.15, 0.2) is 0 Å². The topological polar surface area (TPSA) is 99.4 Å². The number of nitrogens with zero attached hydrogens (tertiary/aromatic N) is 4. The minimum absolute atomic E-state index is 0.0445. The molecule has 0 spiro atoms. The summed E-state index contributed by atoms with van der Waals surface area (Å²) in [5.74, 6) is 0.785. The van der Waals surface area contributed by atoms with E-state index in [0.29, 0.717) is 26.2 Å². The van der Waals surface area contributed by atoms with E-state index in [1.165, 1.54) is 4.90 Å². The van der Waals surface area contributed by atoms with Gasteiger partial charge in [0.05, 0.1) is 18.7 Å². The lowest BCUT2D eigenvalue weighted by Gasteiger charge is -2.22. The Morgan fingerprint density at radius 1 is 1.33 bits per heavy atom. The zero-order valence-electron chi connectivity index (χ0n) is 17.6. The van der Waals surface area contributed by atoms with Crippen molar-refractivity contribution >= 4 is 10.9 Å². The highest BCUT2D eigenvalue weighted by atomic mass is 16.5. The zero-order valence-corrected chi connectivity index (χ0v) is 17.6. The Labute approximate surface area is 175 Å². The number of benzene rings is 1. The van der Waals surface area contributed by atoms with Crippen LogP contribution in [-0.2, 0) is 29.1 Å². The molecule has 2 atom stereocenters. The predicted octanol–water partition coefficient (Wildman–Crippen LogP) is 0.234. The zero-order chi connectivity index (χ0) is 20.9. The van der Waals surface area contributed by atoms with Crippen LogP contribution in [0.3, 0.4) is 0 Å². The van der Waals surface area contributed by atoms with E-state index >= 15 is 0 Å². The van der Waals surface area contributed by atoms with E-state index in [-0.39, 0.29) is 11.7 Å². The number of fused-ring (bicyclic) bond motifs is 1. The number of tetrazole rings is 1. The molecule has 30 heavy (non-hydrogen) atoms. The van der Waals surface area contributed by atoms with Crippen LogP contribution in [-0.4, -0.2) is 58.2 Å². The number of aryl methyl sites for hydroxylation is 1. The molecule has 1 aromatic carbocycles. The lowest BCUT2D eigenvalue weighted by molar-refractivity contribution is -0.931. The van der Waals surface area contributed by atoms with E-state index in [0.717, 1.165) is 53.8 Å². The van der Waals surface area contributed by atoms with Crippen molar-refractivity contribution in [2.45, 2.75) is 45.5 Å². The minimum atomic E-state index is -0.0445. The highest BCUT2D eigenvalue weighted by molar-refractivity contribution is 5.79. The molecule has 1 saturated heterocycles. The molecule has 9 heteroatoms. The summed E-state index contributed by atoms with van der Waals surface area (Å²) in [5, 5.41) is 13.1. The summed E-state index contributed by atoms with van der Waals surface area (Å²) < 4.78 is 12.8. The van der Waals surface area contributed by atoms with Crippen molar-refractivity contribution in [3.63, 3.8) is 0 Å². The first kappa shape index (κ1) is 20.6. The quantitative estimate of drug-likeness (QED) is 0.521. The summed E-state index contributed by atoms with van der Waals surface area (Å²) in [6.07, 6.45) is 2.33. The molecule has 1 fully saturated rings. The third-order valence-electron chi connectivity index (χ3n) is 5.58. The van der Waals surface area contributed by atoms with Crippen LogP contribution in [0.25, 0.3) is 10.9 Å². The van der Waals surface area contributed by atoms with E-state index in [1.807, 2.05) is 19.1 Å². The van der Waals surface area contributed by atoms with Crippen LogP contribution in [0.4, 0.5) is 0 Å². The van der Waals surface area contributed by atoms with Crippen LogP contribution in [0, 0.1) is 6.92 Å². The van der Waals surface area contributed by atoms with E-state index in [9.17, 15) is 4.79 Å². The van der Waals surface area contributed by atoms with E-state index in [1.54, 1.807) is 11.8 Å². The lowest BCUT2D eigenvalue weighted by atomic mass is 10.1. The van der Waals surface area contributed by atoms with E-state index in [2.05, 4.69) is 32.6 Å². The molecule has 0 amide bonds. The van der Waals surface area contributed by atoms with Gasteiger partial charge in [-0.25, -0.2) is 4.68 Å². The standard InChI is InChI=1S/C21H28N6O3/c1-15-5-6-16-11-17(21(28)22-19(16)10-15)12-26(13-18-4-3-8-30-18)14-20-23-24-25-27(20)7-9-29-2/h5-6,10-11,18H,3-4,7-9,12-14H2,1-2H3,(H,22,28)/p+1/t18-/m1/s1. The molecule has 1 aliphatic rings. The largest absolute Gasteiger partial charge is 0.383 e. The second-order valence-corrected chi connectivity index (χ2v) is 7.97. The summed E-state index contributed by atoms with van der Waals surface area (Å²) in [4.78, 5) is 17.0. The number of H-pyrrole nitrogens is 1. The van der Waals surface area contributed by atoms with Crippen molar-refractivity contribution < 1.29 is 14.4 Å². The monoisotopic (exact) mass is 413 g/mol. The Hall–Kier alpha value is -2.62. The van der Waals surface area contributed by atoms with Crippen molar-refractivity contribution in [2.24, 2.45) is 0 Å². The Morgan fingerprint density at radius 2 is 2.23 bits per heavy atom. The van der Waals surface area contributed by atoms with Crippen molar-refractivity contribution in [3.8, 4) is 0 Å². The highest BCUT2D eigenvalue weighted by Crippen LogP contribution is 2.13. The molecule has 1 aliphatic heterocycles. The number of ether oxygens (including phenoxy) is 2. The summed E-state index contributed by atoms with van der Waals surface area (Å²) >= 11 is 0. The number of pyridine rings is 1. The molecule has 0 aliphatic carbocycles. The van der Waals surface area contributed by atoms with Crippen LogP contribution >= 0.6 is 0 Å². The fourth-order valence-corrected chi connectivity index (χ4v) is 4.02. The van der Waals surface area contributed by atoms with E-state index < -0.39 is 0 Å². The Bertz CT molecular complexity index is 1040. The maximum Gasteiger partial charge on any atom is 0.257 e. The lowest BCUT2D eigenvalue weighted by Crippen LogP contribution is -3.10. The maximum absolute atomic E-state index is 12.8. The van der Waals surface area contributed by atoms with Gasteiger partial charge in [0.1, 0.15) is 25.7 Å². The second kappa shape index (κ2) is 9.46. The van der Waals surface area contributed by atoms with Gasteiger partial charge in [-0.1, -0.05) is 12.1 Å². The number of rotatable bonds is 9. The predicted molar refractivity (Wildman–Crippen MR) is 111 cm³/mol. The normalized spacial score (nSPS) is 17.6. The molecule has 3 aromatic rings. The molecule has 2 aromatic heterocycles. The fourth-order valence-electron chi connectivity index (χ4n) is 4.02. The number of nitrogens with one attached hydrogen (secondary N) is 2. The molecule has 1 unspecified atom stereocenters. The summed E-state index contributed by atoms with van der Waals surface area (Å²) in [7, 11) is 1.66. The summed E-state index contributed by atoms with van der Waals surface area (Å²) in [6, 6.07) is 8.11. The fraction of sp³-hybridized carbons (Fsp3) is 0.524. The number of quaternary nitrogens is 1. The first-order chi connectivity index (χ1) is 14.6. The van der Waals surface area contributed by atoms with Crippen molar-refractivity contribution in [2.75, 3.05) is 26.9 Å². The van der Waals surface area contributed by atoms with E-state index in [4.69, 9.17) is 9.47 Å². The molecule has 3 heterocycles. The molecular formula is C21H29N6O3+. The summed E-state index contributed by atoms with van der Waals surface area (Å²) in [5.41, 5.74) is 2.71. The number of hydrogen-bond acceptors (Lipinski definition) is 6. The maximum atomic E-state index is 12.8. The molecule has 160 valence electrons. The Balaban J connectivity index is 1.57. The van der Waals surface area contributed by atoms with Gasteiger partial charge in [0.25, 0.3) is 5.56 Å². The third kappa shape index (κ3) is 4.92. The average Bonchev–Trinajstić information content (AvgIpc) is 3.39. The minimum Gasteiger partial charge on any atom is -0.383 e. The number of hydrogen-bond donors (Lipinski definition) is 2. The van der Waals surface area contributed by atoms with Crippen LogP contribution in [0.5, 0.6) is 0 Å². The van der Waals surface area contributed by atoms with Gasteiger partial charge in [-0.05, 0) is 53.3 Å². The molecule has 9 nitrogen and oxygen atoms in total. The van der Waals surface area contributed by atoms with Crippen LogP contribution in [0.1, 0.15) is 29.8 Å².